The first-order valence-corrected chi connectivity index (χ1v) is 9.13. The van der Waals surface area contributed by atoms with Crippen LogP contribution < -0.4 is 10.1 Å². The highest BCUT2D eigenvalue weighted by Crippen LogP contribution is 2.22. The van der Waals surface area contributed by atoms with Gasteiger partial charge in [-0.15, -0.1) is 0 Å². The number of anilines is 1. The van der Waals surface area contributed by atoms with Gasteiger partial charge < -0.3 is 14.6 Å². The smallest absolute Gasteiger partial charge is 0.227 e. The lowest BCUT2D eigenvalue weighted by Gasteiger charge is -2.07. The van der Waals surface area contributed by atoms with Gasteiger partial charge in [-0.05, 0) is 48.5 Å². The molecule has 0 aliphatic heterocycles. The zero-order chi connectivity index (χ0) is 19.9. The van der Waals surface area contributed by atoms with Gasteiger partial charge in [0.1, 0.15) is 17.2 Å². The van der Waals surface area contributed by atoms with E-state index < -0.39 is 0 Å². The highest BCUT2D eigenvalue weighted by atomic mass is 16.5. The van der Waals surface area contributed by atoms with Crippen molar-refractivity contribution < 1.29 is 14.1 Å². The molecule has 7 heteroatoms. The van der Waals surface area contributed by atoms with Gasteiger partial charge in [0, 0.05) is 24.7 Å². The number of carbonyl (C=O) groups excluding carboxylic acids is 1. The molecule has 1 amide bonds. The number of aryl methyl sites for hydroxylation is 1. The second kappa shape index (κ2) is 8.79. The molecule has 2 heterocycles. The molecule has 0 aliphatic rings. The molecule has 2 aromatic carbocycles. The number of rotatable bonds is 7. The summed E-state index contributed by atoms with van der Waals surface area (Å²) in [5, 5.41) is 6.74. The largest absolute Gasteiger partial charge is 0.457 e. The number of nitrogens with zero attached hydrogens (tertiary/aromatic N) is 3. The van der Waals surface area contributed by atoms with E-state index in [1.807, 2.05) is 42.5 Å². The number of benzene rings is 2. The first-order chi connectivity index (χ1) is 14.3. The second-order valence-corrected chi connectivity index (χ2v) is 6.21. The van der Waals surface area contributed by atoms with Crippen molar-refractivity contribution in [1.29, 1.82) is 0 Å². The van der Waals surface area contributed by atoms with Crippen LogP contribution in [0.2, 0.25) is 0 Å². The molecular formula is C22H18N4O3. The zero-order valence-corrected chi connectivity index (χ0v) is 15.5. The summed E-state index contributed by atoms with van der Waals surface area (Å²) in [6, 6.07) is 22.2. The number of ether oxygens (including phenoxy) is 1. The number of hydrogen-bond donors (Lipinski definition) is 1. The maximum absolute atomic E-state index is 12.2. The van der Waals surface area contributed by atoms with Crippen molar-refractivity contribution in [1.82, 2.24) is 15.1 Å². The molecule has 144 valence electrons. The Labute approximate surface area is 167 Å². The van der Waals surface area contributed by atoms with Crippen molar-refractivity contribution >= 4 is 11.6 Å². The number of amides is 1. The molecule has 7 nitrogen and oxygen atoms in total. The number of para-hydroxylation sites is 1. The molecular weight excluding hydrogens is 368 g/mol. The number of aromatic nitrogens is 3. The van der Waals surface area contributed by atoms with Crippen LogP contribution in [0, 0.1) is 0 Å². The number of carbonyl (C=O) groups is 1. The van der Waals surface area contributed by atoms with Gasteiger partial charge >= 0.3 is 0 Å². The molecule has 0 unspecified atom stereocenters. The number of hydrogen-bond acceptors (Lipinski definition) is 6. The van der Waals surface area contributed by atoms with E-state index in [9.17, 15) is 4.79 Å². The van der Waals surface area contributed by atoms with Crippen LogP contribution >= 0.6 is 0 Å². The molecule has 0 saturated heterocycles. The van der Waals surface area contributed by atoms with Gasteiger partial charge in [-0.3, -0.25) is 9.78 Å². The quantitative estimate of drug-likeness (QED) is 0.503. The van der Waals surface area contributed by atoms with Gasteiger partial charge in [0.15, 0.2) is 0 Å². The molecule has 0 saturated carbocycles. The van der Waals surface area contributed by atoms with E-state index in [0.29, 0.717) is 35.3 Å². The Morgan fingerprint density at radius 2 is 1.69 bits per heavy atom. The fraction of sp³-hybridized carbons (Fsp3) is 0.0909. The molecule has 0 atom stereocenters. The summed E-state index contributed by atoms with van der Waals surface area (Å²) in [5.41, 5.74) is 1.32. The predicted octanol–water partition coefficient (Wildman–Crippen LogP) is 4.50. The van der Waals surface area contributed by atoms with Crippen LogP contribution in [0.25, 0.3) is 11.5 Å². The van der Waals surface area contributed by atoms with Crippen molar-refractivity contribution in [3.05, 3.63) is 84.9 Å². The van der Waals surface area contributed by atoms with Crippen LogP contribution in [0.1, 0.15) is 12.3 Å². The third kappa shape index (κ3) is 5.04. The molecule has 0 bridgehead atoms. The van der Waals surface area contributed by atoms with E-state index in [0.717, 1.165) is 5.75 Å². The van der Waals surface area contributed by atoms with Crippen molar-refractivity contribution in [2.24, 2.45) is 0 Å². The monoisotopic (exact) mass is 386 g/mol. The van der Waals surface area contributed by atoms with Crippen LogP contribution in [-0.4, -0.2) is 21.0 Å². The van der Waals surface area contributed by atoms with Gasteiger partial charge in [0.2, 0.25) is 17.6 Å². The van der Waals surface area contributed by atoms with Crippen molar-refractivity contribution in [3.8, 4) is 23.0 Å². The Balaban J connectivity index is 1.28. The van der Waals surface area contributed by atoms with Crippen molar-refractivity contribution in [2.75, 3.05) is 5.32 Å². The lowest BCUT2D eigenvalue weighted by Crippen LogP contribution is -2.12. The summed E-state index contributed by atoms with van der Waals surface area (Å²) in [6.07, 6.45) is 2.24. The molecule has 4 aromatic rings. The molecule has 29 heavy (non-hydrogen) atoms. The topological polar surface area (TPSA) is 90.1 Å². The highest BCUT2D eigenvalue weighted by Gasteiger charge is 2.11. The Morgan fingerprint density at radius 3 is 2.45 bits per heavy atom. The van der Waals surface area contributed by atoms with Crippen molar-refractivity contribution in [3.63, 3.8) is 0 Å². The predicted molar refractivity (Wildman–Crippen MR) is 107 cm³/mol. The first-order valence-electron chi connectivity index (χ1n) is 9.13. The minimum atomic E-state index is -0.140. The molecule has 4 rings (SSSR count). The summed E-state index contributed by atoms with van der Waals surface area (Å²) in [5.74, 6) is 2.12. The third-order valence-corrected chi connectivity index (χ3v) is 4.04. The van der Waals surface area contributed by atoms with Crippen LogP contribution in [-0.2, 0) is 11.2 Å². The maximum Gasteiger partial charge on any atom is 0.227 e. The summed E-state index contributed by atoms with van der Waals surface area (Å²) in [4.78, 5) is 20.6. The van der Waals surface area contributed by atoms with Crippen LogP contribution in [0.15, 0.2) is 83.5 Å². The van der Waals surface area contributed by atoms with E-state index in [4.69, 9.17) is 9.26 Å². The third-order valence-electron chi connectivity index (χ3n) is 4.04. The Kier molecular flexibility index (Phi) is 5.57. The SMILES string of the molecule is O=C(CCc1nc(-c2ccccn2)no1)Nc1ccc(Oc2ccccc2)cc1. The van der Waals surface area contributed by atoms with E-state index in [1.165, 1.54) is 0 Å². The summed E-state index contributed by atoms with van der Waals surface area (Å²) in [6.45, 7) is 0. The second-order valence-electron chi connectivity index (χ2n) is 6.21. The van der Waals surface area contributed by atoms with Crippen LogP contribution in [0.5, 0.6) is 11.5 Å². The van der Waals surface area contributed by atoms with Gasteiger partial charge in [-0.25, -0.2) is 0 Å². The minimum Gasteiger partial charge on any atom is -0.457 e. The van der Waals surface area contributed by atoms with Crippen LogP contribution in [0.4, 0.5) is 5.69 Å². The van der Waals surface area contributed by atoms with Gasteiger partial charge in [-0.2, -0.15) is 4.98 Å². The molecule has 0 fully saturated rings. The van der Waals surface area contributed by atoms with Gasteiger partial charge in [0.25, 0.3) is 0 Å². The number of nitrogens with one attached hydrogen (secondary N) is 1. The van der Waals surface area contributed by atoms with Gasteiger partial charge in [-0.1, -0.05) is 29.4 Å². The Hall–Kier alpha value is -4.00. The number of pyridine rings is 1. The normalized spacial score (nSPS) is 10.5. The molecule has 0 radical (unpaired) electrons. The Bertz CT molecular complexity index is 1060. The lowest BCUT2D eigenvalue weighted by molar-refractivity contribution is -0.116. The summed E-state index contributed by atoms with van der Waals surface area (Å²) in [7, 11) is 0. The average Bonchev–Trinajstić information content (AvgIpc) is 3.24. The average molecular weight is 386 g/mol. The van der Waals surface area contributed by atoms with Crippen molar-refractivity contribution in [2.45, 2.75) is 12.8 Å². The zero-order valence-electron chi connectivity index (χ0n) is 15.5. The molecule has 1 N–H and O–H groups in total. The van der Waals surface area contributed by atoms with Crippen LogP contribution in [0.3, 0.4) is 0 Å². The standard InChI is InChI=1S/C22H18N4O3/c27-20(13-14-21-25-22(26-29-21)19-8-4-5-15-23-19)24-16-9-11-18(12-10-16)28-17-6-2-1-3-7-17/h1-12,15H,13-14H2,(H,24,27). The van der Waals surface area contributed by atoms with E-state index in [2.05, 4.69) is 20.4 Å². The molecule has 2 aromatic heterocycles. The van der Waals surface area contributed by atoms with E-state index in [-0.39, 0.29) is 12.3 Å². The minimum absolute atomic E-state index is 0.140. The highest BCUT2D eigenvalue weighted by molar-refractivity contribution is 5.90. The van der Waals surface area contributed by atoms with E-state index >= 15 is 0 Å². The first kappa shape index (κ1) is 18.4. The summed E-state index contributed by atoms with van der Waals surface area (Å²) >= 11 is 0. The fourth-order valence-electron chi connectivity index (χ4n) is 2.63. The fourth-order valence-corrected chi connectivity index (χ4v) is 2.63. The van der Waals surface area contributed by atoms with Gasteiger partial charge in [0.05, 0.1) is 0 Å². The van der Waals surface area contributed by atoms with E-state index in [1.54, 1.807) is 36.5 Å². The molecule has 0 spiro atoms. The maximum atomic E-state index is 12.2. The Morgan fingerprint density at radius 1 is 0.931 bits per heavy atom. The molecule has 0 aliphatic carbocycles. The summed E-state index contributed by atoms with van der Waals surface area (Å²) < 4.78 is 10.9. The lowest BCUT2D eigenvalue weighted by atomic mass is 10.2.